The zero-order chi connectivity index (χ0) is 22.1. The fourth-order valence-corrected chi connectivity index (χ4v) is 5.00. The van der Waals surface area contributed by atoms with Crippen molar-refractivity contribution in [3.05, 3.63) is 53.6 Å². The van der Waals surface area contributed by atoms with Gasteiger partial charge in [0.1, 0.15) is 17.1 Å². The molecule has 1 aromatic heterocycles. The number of fused-ring (bicyclic) bond motifs is 1. The standard InChI is InChI=1S/C20H21F2N3O3S2/c1-13-4-6-15(7-5-13)30(27,28)12-18(26)25(9-8-24(2)3)20-23-19-16(22)10-14(21)11-17(19)29-20/h4-7,10-11H,8-9,12H2,1-3H3. The normalized spacial score (nSPS) is 11.9. The maximum absolute atomic E-state index is 14.1. The number of nitrogens with zero attached hydrogens (tertiary/aromatic N) is 3. The van der Waals surface area contributed by atoms with Crippen LogP contribution in [0.3, 0.4) is 0 Å². The number of thiazole rings is 1. The fourth-order valence-electron chi connectivity index (χ4n) is 2.76. The first-order chi connectivity index (χ1) is 14.1. The van der Waals surface area contributed by atoms with E-state index in [0.29, 0.717) is 6.54 Å². The van der Waals surface area contributed by atoms with E-state index in [2.05, 4.69) is 4.98 Å². The summed E-state index contributed by atoms with van der Waals surface area (Å²) in [6.07, 6.45) is 0. The second-order valence-corrected chi connectivity index (χ2v) is 10.2. The van der Waals surface area contributed by atoms with E-state index in [1.165, 1.54) is 17.0 Å². The van der Waals surface area contributed by atoms with Gasteiger partial charge in [0.15, 0.2) is 20.8 Å². The average molecular weight is 454 g/mol. The Bertz CT molecular complexity index is 1180. The van der Waals surface area contributed by atoms with Crippen molar-refractivity contribution in [2.45, 2.75) is 11.8 Å². The molecule has 0 aliphatic rings. The second-order valence-electron chi connectivity index (χ2n) is 7.15. The third kappa shape index (κ3) is 5.00. The van der Waals surface area contributed by atoms with Crippen molar-refractivity contribution in [2.24, 2.45) is 0 Å². The number of aryl methyl sites for hydroxylation is 1. The Balaban J connectivity index is 1.94. The lowest BCUT2D eigenvalue weighted by molar-refractivity contribution is -0.116. The van der Waals surface area contributed by atoms with Gasteiger partial charge in [-0.2, -0.15) is 0 Å². The molecule has 0 aliphatic heterocycles. The van der Waals surface area contributed by atoms with E-state index in [-0.39, 0.29) is 26.8 Å². The fraction of sp³-hybridized carbons (Fsp3) is 0.300. The summed E-state index contributed by atoms with van der Waals surface area (Å²) in [5, 5.41) is 0.125. The summed E-state index contributed by atoms with van der Waals surface area (Å²) in [5.41, 5.74) is 0.845. The van der Waals surface area contributed by atoms with Crippen molar-refractivity contribution in [1.82, 2.24) is 9.88 Å². The lowest BCUT2D eigenvalue weighted by Gasteiger charge is -2.22. The summed E-state index contributed by atoms with van der Waals surface area (Å²) in [5.74, 6) is -3.02. The smallest absolute Gasteiger partial charge is 0.244 e. The minimum atomic E-state index is -3.87. The van der Waals surface area contributed by atoms with E-state index >= 15 is 0 Å². The number of rotatable bonds is 7. The highest BCUT2D eigenvalue weighted by atomic mass is 32.2. The molecule has 0 unspecified atom stereocenters. The van der Waals surface area contributed by atoms with Gasteiger partial charge in [-0.15, -0.1) is 0 Å². The number of hydrogen-bond acceptors (Lipinski definition) is 6. The lowest BCUT2D eigenvalue weighted by atomic mass is 10.2. The molecule has 0 saturated heterocycles. The topological polar surface area (TPSA) is 70.6 Å². The molecule has 0 fully saturated rings. The van der Waals surface area contributed by atoms with Crippen molar-refractivity contribution in [3.63, 3.8) is 0 Å². The maximum Gasteiger partial charge on any atom is 0.244 e. The van der Waals surface area contributed by atoms with Crippen molar-refractivity contribution >= 4 is 42.4 Å². The molecule has 1 heterocycles. The largest absolute Gasteiger partial charge is 0.308 e. The van der Waals surface area contributed by atoms with Crippen molar-refractivity contribution in [3.8, 4) is 0 Å². The van der Waals surface area contributed by atoms with Crippen LogP contribution < -0.4 is 4.90 Å². The Morgan fingerprint density at radius 1 is 1.10 bits per heavy atom. The van der Waals surface area contributed by atoms with Gasteiger partial charge in [-0.1, -0.05) is 29.0 Å². The van der Waals surface area contributed by atoms with Crippen molar-refractivity contribution in [2.75, 3.05) is 37.8 Å². The molecule has 1 amide bonds. The molecular formula is C20H21F2N3O3S2. The van der Waals surface area contributed by atoms with Crippen LogP contribution in [0.4, 0.5) is 13.9 Å². The van der Waals surface area contributed by atoms with Crippen LogP contribution in [-0.4, -0.2) is 57.1 Å². The minimum absolute atomic E-state index is 0.0476. The molecule has 0 atom stereocenters. The number of carbonyl (C=O) groups is 1. The molecule has 2 aromatic carbocycles. The summed E-state index contributed by atoms with van der Waals surface area (Å²) in [6, 6.07) is 8.09. The SMILES string of the molecule is Cc1ccc(S(=O)(=O)CC(=O)N(CCN(C)C)c2nc3c(F)cc(F)cc3s2)cc1. The number of hydrogen-bond donors (Lipinski definition) is 0. The number of carbonyl (C=O) groups excluding carboxylic acids is 1. The molecule has 0 bridgehead atoms. The lowest BCUT2D eigenvalue weighted by Crippen LogP contribution is -2.40. The maximum atomic E-state index is 14.1. The summed E-state index contributed by atoms with van der Waals surface area (Å²) >= 11 is 0.938. The van der Waals surface area contributed by atoms with Crippen LogP contribution in [-0.2, 0) is 14.6 Å². The highest BCUT2D eigenvalue weighted by Gasteiger charge is 2.27. The van der Waals surface area contributed by atoms with E-state index in [1.54, 1.807) is 26.2 Å². The van der Waals surface area contributed by atoms with Gasteiger partial charge in [0.2, 0.25) is 5.91 Å². The van der Waals surface area contributed by atoms with Gasteiger partial charge in [-0.05, 0) is 39.2 Å². The molecule has 3 aromatic rings. The third-order valence-corrected chi connectivity index (χ3v) is 7.04. The highest BCUT2D eigenvalue weighted by Crippen LogP contribution is 2.31. The molecular weight excluding hydrogens is 432 g/mol. The first kappa shape index (κ1) is 22.3. The molecule has 10 heteroatoms. The number of aromatic nitrogens is 1. The van der Waals surface area contributed by atoms with Gasteiger partial charge in [0.25, 0.3) is 0 Å². The van der Waals surface area contributed by atoms with Gasteiger partial charge in [0, 0.05) is 19.2 Å². The summed E-state index contributed by atoms with van der Waals surface area (Å²) in [4.78, 5) is 20.2. The molecule has 3 rings (SSSR count). The summed E-state index contributed by atoms with van der Waals surface area (Å²) in [7, 11) is -0.266. The molecule has 0 saturated carbocycles. The van der Waals surface area contributed by atoms with Crippen LogP contribution in [0, 0.1) is 18.6 Å². The Morgan fingerprint density at radius 2 is 1.77 bits per heavy atom. The van der Waals surface area contributed by atoms with Gasteiger partial charge in [0.05, 0.1) is 9.60 Å². The third-order valence-electron chi connectivity index (χ3n) is 4.40. The average Bonchev–Trinajstić information content (AvgIpc) is 3.05. The van der Waals surface area contributed by atoms with E-state index < -0.39 is 33.1 Å². The zero-order valence-electron chi connectivity index (χ0n) is 16.7. The number of halogens is 2. The molecule has 160 valence electrons. The number of anilines is 1. The molecule has 30 heavy (non-hydrogen) atoms. The monoisotopic (exact) mass is 453 g/mol. The molecule has 0 aliphatic carbocycles. The molecule has 0 N–H and O–H groups in total. The Kier molecular flexibility index (Phi) is 6.49. The van der Waals surface area contributed by atoms with Crippen LogP contribution >= 0.6 is 11.3 Å². The predicted octanol–water partition coefficient (Wildman–Crippen LogP) is 3.25. The Hall–Kier alpha value is -2.43. The van der Waals surface area contributed by atoms with E-state index in [9.17, 15) is 22.0 Å². The van der Waals surface area contributed by atoms with Crippen LogP contribution in [0.5, 0.6) is 0 Å². The van der Waals surface area contributed by atoms with E-state index in [1.807, 2.05) is 11.8 Å². The van der Waals surface area contributed by atoms with Gasteiger partial charge in [-0.3, -0.25) is 9.69 Å². The van der Waals surface area contributed by atoms with Gasteiger partial charge < -0.3 is 4.90 Å². The molecule has 0 radical (unpaired) electrons. The van der Waals surface area contributed by atoms with E-state index in [4.69, 9.17) is 0 Å². The molecule has 6 nitrogen and oxygen atoms in total. The summed E-state index contributed by atoms with van der Waals surface area (Å²) < 4.78 is 53.3. The van der Waals surface area contributed by atoms with Crippen LogP contribution in [0.25, 0.3) is 10.2 Å². The number of likely N-dealkylation sites (N-methyl/N-ethyl adjacent to an activating group) is 1. The first-order valence-corrected chi connectivity index (χ1v) is 11.5. The number of amides is 1. The number of benzene rings is 2. The molecule has 0 spiro atoms. The van der Waals surface area contributed by atoms with Crippen LogP contribution in [0.2, 0.25) is 0 Å². The predicted molar refractivity (Wildman–Crippen MR) is 114 cm³/mol. The van der Waals surface area contributed by atoms with Gasteiger partial charge in [-0.25, -0.2) is 22.2 Å². The zero-order valence-corrected chi connectivity index (χ0v) is 18.4. The summed E-state index contributed by atoms with van der Waals surface area (Å²) in [6.45, 7) is 2.42. The Morgan fingerprint density at radius 3 is 2.40 bits per heavy atom. The van der Waals surface area contributed by atoms with Crippen molar-refractivity contribution < 1.29 is 22.0 Å². The Labute approximate surface area is 177 Å². The van der Waals surface area contributed by atoms with Gasteiger partial charge >= 0.3 is 0 Å². The van der Waals surface area contributed by atoms with E-state index in [0.717, 1.165) is 29.0 Å². The van der Waals surface area contributed by atoms with Crippen molar-refractivity contribution in [1.29, 1.82) is 0 Å². The van der Waals surface area contributed by atoms with Crippen LogP contribution in [0.15, 0.2) is 41.3 Å². The minimum Gasteiger partial charge on any atom is -0.308 e. The number of sulfone groups is 1. The highest BCUT2D eigenvalue weighted by molar-refractivity contribution is 7.92. The second kappa shape index (κ2) is 8.75. The van der Waals surface area contributed by atoms with Crippen LogP contribution in [0.1, 0.15) is 5.56 Å². The quantitative estimate of drug-likeness (QED) is 0.549. The first-order valence-electron chi connectivity index (χ1n) is 9.07.